The van der Waals surface area contributed by atoms with E-state index < -0.39 is 23.9 Å². The van der Waals surface area contributed by atoms with Crippen LogP contribution in [0.2, 0.25) is 0 Å². The van der Waals surface area contributed by atoms with E-state index in [0.717, 1.165) is 4.90 Å². The van der Waals surface area contributed by atoms with Gasteiger partial charge in [-0.05, 0) is 0 Å². The molecule has 0 saturated carbocycles. The first-order chi connectivity index (χ1) is 8.58. The standard InChI is InChI=1S/C14H14N2O2/c1-5-8-16-9(6-2)11-12(10(16)7-3)14(18)15(4)13(11)17/h2-3,5,9-12H,1,8H2,4H3/t9-,10-,11-,12+/m0/s1. The van der Waals surface area contributed by atoms with Crippen LogP contribution < -0.4 is 0 Å². The summed E-state index contributed by atoms with van der Waals surface area (Å²) in [6.45, 7) is 4.12. The Morgan fingerprint density at radius 2 is 1.67 bits per heavy atom. The maximum atomic E-state index is 12.1. The van der Waals surface area contributed by atoms with E-state index in [1.807, 2.05) is 4.90 Å². The van der Waals surface area contributed by atoms with E-state index in [1.165, 1.54) is 7.05 Å². The van der Waals surface area contributed by atoms with Gasteiger partial charge in [-0.25, -0.2) is 0 Å². The highest BCUT2D eigenvalue weighted by Crippen LogP contribution is 2.41. The summed E-state index contributed by atoms with van der Waals surface area (Å²) in [4.78, 5) is 27.1. The Bertz CT molecular complexity index is 457. The molecule has 4 atom stereocenters. The predicted molar refractivity (Wildman–Crippen MR) is 66.9 cm³/mol. The molecule has 0 N–H and O–H groups in total. The van der Waals surface area contributed by atoms with E-state index in [-0.39, 0.29) is 11.8 Å². The number of likely N-dealkylation sites (tertiary alicyclic amines) is 2. The zero-order valence-electron chi connectivity index (χ0n) is 10.2. The van der Waals surface area contributed by atoms with Gasteiger partial charge >= 0.3 is 0 Å². The molecule has 2 saturated heterocycles. The van der Waals surface area contributed by atoms with Crippen molar-refractivity contribution in [3.8, 4) is 24.7 Å². The lowest BCUT2D eigenvalue weighted by atomic mass is 9.90. The van der Waals surface area contributed by atoms with Crippen molar-refractivity contribution in [1.82, 2.24) is 9.80 Å². The van der Waals surface area contributed by atoms with E-state index in [4.69, 9.17) is 12.8 Å². The summed E-state index contributed by atoms with van der Waals surface area (Å²) in [7, 11) is 1.47. The number of nitrogens with zero attached hydrogens (tertiary/aromatic N) is 2. The second kappa shape index (κ2) is 4.33. The quantitative estimate of drug-likeness (QED) is 0.380. The third-order valence-electron chi connectivity index (χ3n) is 3.69. The van der Waals surface area contributed by atoms with Crippen molar-refractivity contribution in [3.63, 3.8) is 0 Å². The van der Waals surface area contributed by atoms with Crippen LogP contribution in [0.4, 0.5) is 0 Å². The Morgan fingerprint density at radius 3 is 2.00 bits per heavy atom. The van der Waals surface area contributed by atoms with Crippen molar-refractivity contribution in [2.45, 2.75) is 12.1 Å². The van der Waals surface area contributed by atoms with Gasteiger partial charge in [-0.2, -0.15) is 0 Å². The highest BCUT2D eigenvalue weighted by molar-refractivity contribution is 6.06. The molecule has 0 bridgehead atoms. The number of terminal acetylenes is 2. The minimum Gasteiger partial charge on any atom is -0.285 e. The second-order valence-electron chi connectivity index (χ2n) is 4.50. The van der Waals surface area contributed by atoms with Crippen LogP contribution in [0, 0.1) is 36.5 Å². The lowest BCUT2D eigenvalue weighted by Gasteiger charge is -2.26. The maximum absolute atomic E-state index is 12.1. The molecule has 0 aromatic carbocycles. The lowest BCUT2D eigenvalue weighted by Crippen LogP contribution is -2.42. The van der Waals surface area contributed by atoms with Gasteiger partial charge in [0.05, 0.1) is 23.9 Å². The van der Waals surface area contributed by atoms with E-state index in [2.05, 4.69) is 18.4 Å². The summed E-state index contributed by atoms with van der Waals surface area (Å²) < 4.78 is 0. The normalized spacial score (nSPS) is 35.2. The topological polar surface area (TPSA) is 40.6 Å². The van der Waals surface area contributed by atoms with Gasteiger partial charge in [0.2, 0.25) is 11.8 Å². The van der Waals surface area contributed by atoms with E-state index in [9.17, 15) is 9.59 Å². The zero-order valence-corrected chi connectivity index (χ0v) is 10.2. The average molecular weight is 242 g/mol. The summed E-state index contributed by atoms with van der Waals surface area (Å²) in [5.74, 6) is 3.67. The van der Waals surface area contributed by atoms with Crippen molar-refractivity contribution in [2.75, 3.05) is 13.6 Å². The molecule has 0 aromatic rings. The maximum Gasteiger partial charge on any atom is 0.235 e. The number of hydrogen-bond donors (Lipinski definition) is 0. The molecule has 0 radical (unpaired) electrons. The Balaban J connectivity index is 2.47. The molecule has 0 spiro atoms. The Kier molecular flexibility index (Phi) is 2.98. The average Bonchev–Trinajstić information content (AvgIpc) is 2.79. The van der Waals surface area contributed by atoms with Crippen LogP contribution in [-0.4, -0.2) is 47.3 Å². The third-order valence-corrected chi connectivity index (χ3v) is 3.69. The van der Waals surface area contributed by atoms with Gasteiger partial charge in [0.1, 0.15) is 0 Å². The minimum atomic E-state index is -0.520. The van der Waals surface area contributed by atoms with E-state index in [1.54, 1.807) is 6.08 Å². The molecule has 2 aliphatic rings. The molecule has 0 aromatic heterocycles. The molecule has 2 heterocycles. The molecule has 2 fully saturated rings. The van der Waals surface area contributed by atoms with Crippen molar-refractivity contribution in [1.29, 1.82) is 0 Å². The minimum absolute atomic E-state index is 0.236. The van der Waals surface area contributed by atoms with Gasteiger partial charge in [0.15, 0.2) is 0 Å². The predicted octanol–water partition coefficient (Wildman–Crippen LogP) is -0.277. The Labute approximate surface area is 107 Å². The highest BCUT2D eigenvalue weighted by Gasteiger charge is 2.60. The smallest absolute Gasteiger partial charge is 0.235 e. The number of carbonyl (C=O) groups is 2. The largest absolute Gasteiger partial charge is 0.285 e. The van der Waals surface area contributed by atoms with Crippen molar-refractivity contribution in [3.05, 3.63) is 12.7 Å². The first-order valence-corrected chi connectivity index (χ1v) is 5.68. The molecule has 0 aliphatic carbocycles. The monoisotopic (exact) mass is 242 g/mol. The molecule has 0 unspecified atom stereocenters. The Morgan fingerprint density at radius 1 is 1.22 bits per heavy atom. The second-order valence-corrected chi connectivity index (χ2v) is 4.50. The summed E-state index contributed by atoms with van der Waals surface area (Å²) in [6.07, 6.45) is 12.7. The molecule has 92 valence electrons. The molecular weight excluding hydrogens is 228 g/mol. The van der Waals surface area contributed by atoms with Crippen molar-refractivity contribution < 1.29 is 9.59 Å². The van der Waals surface area contributed by atoms with E-state index >= 15 is 0 Å². The van der Waals surface area contributed by atoms with Crippen LogP contribution in [0.1, 0.15) is 0 Å². The molecule has 4 nitrogen and oxygen atoms in total. The number of hydrogen-bond acceptors (Lipinski definition) is 3. The van der Waals surface area contributed by atoms with Crippen molar-refractivity contribution in [2.24, 2.45) is 11.8 Å². The molecular formula is C14H14N2O2. The molecule has 18 heavy (non-hydrogen) atoms. The first kappa shape index (κ1) is 12.4. The summed E-state index contributed by atoms with van der Waals surface area (Å²) >= 11 is 0. The fourth-order valence-corrected chi connectivity index (χ4v) is 2.89. The van der Waals surface area contributed by atoms with Gasteiger partial charge in [0, 0.05) is 13.6 Å². The molecule has 2 amide bonds. The molecule has 4 heteroatoms. The van der Waals surface area contributed by atoms with Crippen molar-refractivity contribution >= 4 is 11.8 Å². The van der Waals surface area contributed by atoms with Gasteiger partial charge in [-0.3, -0.25) is 19.4 Å². The third kappa shape index (κ3) is 1.40. The Hall–Kier alpha value is -2.04. The number of carbonyl (C=O) groups excluding carboxylic acids is 2. The number of fused-ring (bicyclic) bond motifs is 1. The van der Waals surface area contributed by atoms with Gasteiger partial charge < -0.3 is 0 Å². The number of imide groups is 1. The summed E-state index contributed by atoms with van der Waals surface area (Å²) in [5.41, 5.74) is 0. The van der Waals surface area contributed by atoms with Crippen LogP contribution in [0.3, 0.4) is 0 Å². The number of amides is 2. The fourth-order valence-electron chi connectivity index (χ4n) is 2.89. The fraction of sp³-hybridized carbons (Fsp3) is 0.429. The number of rotatable bonds is 2. The van der Waals surface area contributed by atoms with Crippen LogP contribution in [0.5, 0.6) is 0 Å². The van der Waals surface area contributed by atoms with Crippen LogP contribution in [0.15, 0.2) is 12.7 Å². The van der Waals surface area contributed by atoms with Gasteiger partial charge in [0.25, 0.3) is 0 Å². The first-order valence-electron chi connectivity index (χ1n) is 5.68. The van der Waals surface area contributed by atoms with E-state index in [0.29, 0.717) is 6.54 Å². The summed E-state index contributed by atoms with van der Waals surface area (Å²) in [5, 5.41) is 0. The van der Waals surface area contributed by atoms with Gasteiger partial charge in [-0.15, -0.1) is 19.4 Å². The molecule has 2 aliphatic heterocycles. The molecule has 2 rings (SSSR count). The van der Waals surface area contributed by atoms with Crippen LogP contribution in [0.25, 0.3) is 0 Å². The zero-order chi connectivity index (χ0) is 13.4. The van der Waals surface area contributed by atoms with Crippen LogP contribution >= 0.6 is 0 Å². The SMILES string of the molecule is C#C[C@H]1[C@@H]2C(=O)N(C)C(=O)[C@@H]2[C@H](C#C)N1CC=C. The lowest BCUT2D eigenvalue weighted by molar-refractivity contribution is -0.139. The van der Waals surface area contributed by atoms with Crippen LogP contribution in [-0.2, 0) is 9.59 Å². The summed E-state index contributed by atoms with van der Waals surface area (Å²) in [6, 6.07) is -0.870. The highest BCUT2D eigenvalue weighted by atomic mass is 16.2. The van der Waals surface area contributed by atoms with Gasteiger partial charge in [-0.1, -0.05) is 17.9 Å².